The second kappa shape index (κ2) is 6.97. The van der Waals surface area contributed by atoms with Crippen LogP contribution in [0.2, 0.25) is 0 Å². The molecule has 0 atom stereocenters. The van der Waals surface area contributed by atoms with Crippen molar-refractivity contribution in [3.63, 3.8) is 0 Å². The van der Waals surface area contributed by atoms with Crippen LogP contribution in [-0.2, 0) is 16.4 Å². The van der Waals surface area contributed by atoms with Crippen LogP contribution in [0, 0.1) is 5.82 Å². The molecule has 8 heteroatoms. The zero-order chi connectivity index (χ0) is 18.9. The molecule has 0 aliphatic heterocycles. The normalized spacial score (nSPS) is 12.5. The van der Waals surface area contributed by atoms with Crippen LogP contribution < -0.4 is 4.80 Å². The molecule has 1 amide bonds. The predicted molar refractivity (Wildman–Crippen MR) is 99.4 cm³/mol. The summed E-state index contributed by atoms with van der Waals surface area (Å²) < 4.78 is 39.7. The van der Waals surface area contributed by atoms with Gasteiger partial charge in [0.25, 0.3) is 5.91 Å². The zero-order valence-corrected chi connectivity index (χ0v) is 15.5. The number of hydrogen-bond donors (Lipinski definition) is 0. The number of hydrogen-bond acceptors (Lipinski definition) is 4. The van der Waals surface area contributed by atoms with E-state index >= 15 is 0 Å². The van der Waals surface area contributed by atoms with Crippen molar-refractivity contribution in [1.29, 1.82) is 0 Å². The van der Waals surface area contributed by atoms with Gasteiger partial charge in [0, 0.05) is 18.4 Å². The van der Waals surface area contributed by atoms with Crippen molar-refractivity contribution in [1.82, 2.24) is 4.57 Å². The number of carbonyl (C=O) groups is 1. The lowest BCUT2D eigenvalue weighted by Crippen LogP contribution is -2.17. The van der Waals surface area contributed by atoms with Crippen molar-refractivity contribution in [3.05, 3.63) is 71.3 Å². The van der Waals surface area contributed by atoms with Crippen molar-refractivity contribution in [2.24, 2.45) is 4.99 Å². The lowest BCUT2D eigenvalue weighted by Gasteiger charge is -2.02. The summed E-state index contributed by atoms with van der Waals surface area (Å²) in [5, 5.41) is 0. The molecule has 0 spiro atoms. The maximum Gasteiger partial charge on any atom is 0.279 e. The molecule has 0 aliphatic carbocycles. The van der Waals surface area contributed by atoms with Gasteiger partial charge in [-0.25, -0.2) is 12.8 Å². The summed E-state index contributed by atoms with van der Waals surface area (Å²) in [5.74, 6) is -1.01. The Balaban J connectivity index is 2.16. The first kappa shape index (κ1) is 18.2. The number of allylic oxidation sites excluding steroid dienone is 1. The summed E-state index contributed by atoms with van der Waals surface area (Å²) in [7, 11) is -3.43. The number of rotatable bonds is 4. The highest BCUT2D eigenvalue weighted by atomic mass is 32.2. The molecule has 0 radical (unpaired) electrons. The Kier molecular flexibility index (Phi) is 4.88. The lowest BCUT2D eigenvalue weighted by molar-refractivity contribution is 0.0997. The van der Waals surface area contributed by atoms with Crippen LogP contribution in [-0.4, -0.2) is 25.1 Å². The largest absolute Gasteiger partial charge is 0.310 e. The number of halogens is 1. The van der Waals surface area contributed by atoms with Gasteiger partial charge in [0.15, 0.2) is 14.6 Å². The first-order valence-corrected chi connectivity index (χ1v) is 10.3. The van der Waals surface area contributed by atoms with Gasteiger partial charge in [0.05, 0.1) is 15.1 Å². The van der Waals surface area contributed by atoms with Crippen molar-refractivity contribution in [3.8, 4) is 0 Å². The van der Waals surface area contributed by atoms with Gasteiger partial charge in [-0.15, -0.1) is 6.58 Å². The molecule has 0 saturated carbocycles. The molecule has 134 valence electrons. The number of fused-ring (bicyclic) bond motifs is 1. The fourth-order valence-corrected chi connectivity index (χ4v) is 4.20. The van der Waals surface area contributed by atoms with Gasteiger partial charge in [0.1, 0.15) is 5.82 Å². The Hall–Kier alpha value is -2.58. The third kappa shape index (κ3) is 3.51. The van der Waals surface area contributed by atoms with Gasteiger partial charge in [-0.2, -0.15) is 4.99 Å². The molecule has 26 heavy (non-hydrogen) atoms. The van der Waals surface area contributed by atoms with Crippen LogP contribution >= 0.6 is 11.3 Å². The topological polar surface area (TPSA) is 68.5 Å². The molecule has 1 aromatic heterocycles. The molecule has 3 aromatic rings. The summed E-state index contributed by atoms with van der Waals surface area (Å²) in [6.07, 6.45) is 2.66. The van der Waals surface area contributed by atoms with E-state index in [1.54, 1.807) is 22.8 Å². The van der Waals surface area contributed by atoms with Crippen LogP contribution in [0.25, 0.3) is 10.2 Å². The van der Waals surface area contributed by atoms with E-state index in [4.69, 9.17) is 0 Å². The van der Waals surface area contributed by atoms with Gasteiger partial charge in [-0.3, -0.25) is 4.79 Å². The van der Waals surface area contributed by atoms with Crippen LogP contribution in [0.4, 0.5) is 4.39 Å². The van der Waals surface area contributed by atoms with E-state index < -0.39 is 21.6 Å². The third-order valence-corrected chi connectivity index (χ3v) is 5.82. The quantitative estimate of drug-likeness (QED) is 0.643. The highest BCUT2D eigenvalue weighted by molar-refractivity contribution is 7.90. The number of nitrogens with zero attached hydrogens (tertiary/aromatic N) is 2. The van der Waals surface area contributed by atoms with Gasteiger partial charge in [0.2, 0.25) is 0 Å². The predicted octanol–water partition coefficient (Wildman–Crippen LogP) is 3.17. The van der Waals surface area contributed by atoms with Crippen molar-refractivity contribution in [2.75, 3.05) is 6.26 Å². The minimum Gasteiger partial charge on any atom is -0.310 e. The first-order valence-electron chi connectivity index (χ1n) is 7.59. The smallest absolute Gasteiger partial charge is 0.279 e. The van der Waals surface area contributed by atoms with E-state index in [9.17, 15) is 17.6 Å². The van der Waals surface area contributed by atoms with Crippen molar-refractivity contribution < 1.29 is 17.6 Å². The highest BCUT2D eigenvalue weighted by Crippen LogP contribution is 2.20. The fourth-order valence-electron chi connectivity index (χ4n) is 2.48. The lowest BCUT2D eigenvalue weighted by atomic mass is 10.2. The Morgan fingerprint density at radius 2 is 2.04 bits per heavy atom. The SMILES string of the molecule is C=CCn1c(=NC(=O)c2cccc(S(C)(=O)=O)c2)sc2cccc(F)c21. The molecule has 0 bridgehead atoms. The molecular formula is C18H15FN2O3S2. The van der Waals surface area contributed by atoms with E-state index in [0.29, 0.717) is 15.0 Å². The Labute approximate surface area is 153 Å². The average molecular weight is 390 g/mol. The van der Waals surface area contributed by atoms with Gasteiger partial charge >= 0.3 is 0 Å². The summed E-state index contributed by atoms with van der Waals surface area (Å²) >= 11 is 1.18. The number of carbonyl (C=O) groups excluding carboxylic acids is 1. The molecule has 0 fully saturated rings. The van der Waals surface area contributed by atoms with E-state index in [2.05, 4.69) is 11.6 Å². The molecule has 2 aromatic carbocycles. The maximum atomic E-state index is 14.2. The number of benzene rings is 2. The van der Waals surface area contributed by atoms with E-state index in [0.717, 1.165) is 6.26 Å². The third-order valence-electron chi connectivity index (χ3n) is 3.67. The van der Waals surface area contributed by atoms with E-state index in [-0.39, 0.29) is 17.0 Å². The Morgan fingerprint density at radius 3 is 2.73 bits per heavy atom. The second-order valence-electron chi connectivity index (χ2n) is 5.59. The standard InChI is InChI=1S/C18H15FN2O3S2/c1-3-10-21-16-14(19)8-5-9-15(16)25-18(21)20-17(22)12-6-4-7-13(11-12)26(2,23)24/h3-9,11H,1,10H2,2H3. The minimum absolute atomic E-state index is 0.0416. The summed E-state index contributed by atoms with van der Waals surface area (Å²) in [6, 6.07) is 10.4. The van der Waals surface area contributed by atoms with Crippen LogP contribution in [0.3, 0.4) is 0 Å². The molecule has 0 N–H and O–H groups in total. The maximum absolute atomic E-state index is 14.2. The average Bonchev–Trinajstić information content (AvgIpc) is 2.93. The van der Waals surface area contributed by atoms with Gasteiger partial charge in [-0.05, 0) is 30.3 Å². The van der Waals surface area contributed by atoms with Crippen LogP contribution in [0.5, 0.6) is 0 Å². The molecule has 5 nitrogen and oxygen atoms in total. The van der Waals surface area contributed by atoms with Crippen molar-refractivity contribution >= 4 is 37.3 Å². The van der Waals surface area contributed by atoms with E-state index in [1.165, 1.54) is 41.7 Å². The number of thiazole rings is 1. The molecule has 3 rings (SSSR count). The minimum atomic E-state index is -3.43. The summed E-state index contributed by atoms with van der Waals surface area (Å²) in [6.45, 7) is 3.95. The van der Waals surface area contributed by atoms with Crippen LogP contribution in [0.1, 0.15) is 10.4 Å². The number of amides is 1. The van der Waals surface area contributed by atoms with Crippen molar-refractivity contribution in [2.45, 2.75) is 11.4 Å². The molecule has 0 saturated heterocycles. The molecular weight excluding hydrogens is 375 g/mol. The second-order valence-corrected chi connectivity index (χ2v) is 8.61. The summed E-state index contributed by atoms with van der Waals surface area (Å²) in [4.78, 5) is 17.0. The number of aromatic nitrogens is 1. The fraction of sp³-hybridized carbons (Fsp3) is 0.111. The monoisotopic (exact) mass is 390 g/mol. The Bertz CT molecular complexity index is 1190. The van der Waals surface area contributed by atoms with Gasteiger partial charge < -0.3 is 4.57 Å². The molecule has 0 unspecified atom stereocenters. The zero-order valence-electron chi connectivity index (χ0n) is 13.8. The van der Waals surface area contributed by atoms with Gasteiger partial charge in [-0.1, -0.05) is 29.5 Å². The first-order chi connectivity index (χ1) is 12.3. The number of para-hydroxylation sites is 1. The highest BCUT2D eigenvalue weighted by Gasteiger charge is 2.14. The number of sulfone groups is 1. The van der Waals surface area contributed by atoms with E-state index in [1.807, 2.05) is 0 Å². The molecule has 1 heterocycles. The summed E-state index contributed by atoms with van der Waals surface area (Å²) in [5.41, 5.74) is 0.504. The molecule has 0 aliphatic rings. The van der Waals surface area contributed by atoms with Crippen LogP contribution in [0.15, 0.2) is 65.0 Å². The Morgan fingerprint density at radius 1 is 1.31 bits per heavy atom.